The maximum atomic E-state index is 15.5. The van der Waals surface area contributed by atoms with Gasteiger partial charge in [0.25, 0.3) is 11.8 Å². The topological polar surface area (TPSA) is 86.8 Å². The normalized spacial score (nSPS) is 18.0. The fraction of sp³-hybridized carbons (Fsp3) is 0.273. The Balaban J connectivity index is 1.60. The van der Waals surface area contributed by atoms with Gasteiger partial charge in [0.15, 0.2) is 0 Å². The van der Waals surface area contributed by atoms with Crippen LogP contribution < -0.4 is 16.2 Å². The number of amides is 4. The van der Waals surface area contributed by atoms with Crippen molar-refractivity contribution in [3.05, 3.63) is 57.6 Å². The van der Waals surface area contributed by atoms with Gasteiger partial charge in [0, 0.05) is 29.1 Å². The highest BCUT2D eigenvalue weighted by Gasteiger charge is 2.47. The monoisotopic (exact) mass is 521 g/mol. The second kappa shape index (κ2) is 9.38. The number of fused-ring (bicyclic) bond motifs is 1. The molecule has 2 aliphatic heterocycles. The van der Waals surface area contributed by atoms with Crippen LogP contribution in [0.4, 0.5) is 8.78 Å². The summed E-state index contributed by atoms with van der Waals surface area (Å²) in [5.74, 6) is -6.38. The Morgan fingerprint density at radius 2 is 1.78 bits per heavy atom. The first-order valence-corrected chi connectivity index (χ1v) is 12.3. The van der Waals surface area contributed by atoms with E-state index >= 15 is 8.78 Å². The Kier molecular flexibility index (Phi) is 6.86. The molecule has 1 atom stereocenters. The van der Waals surface area contributed by atoms with Crippen molar-refractivity contribution >= 4 is 85.5 Å². The molecule has 2 aliphatic rings. The van der Waals surface area contributed by atoms with Gasteiger partial charge in [0.2, 0.25) is 19.8 Å². The highest BCUT2D eigenvalue weighted by Crippen LogP contribution is 2.35. The lowest BCUT2D eigenvalue weighted by Gasteiger charge is -2.40. The Labute approximate surface area is 222 Å². The molecular weight excluding hydrogens is 498 g/mol. The van der Waals surface area contributed by atoms with E-state index in [0.29, 0.717) is 27.2 Å². The number of alkyl halides is 2. The van der Waals surface area contributed by atoms with Crippen LogP contribution in [-0.4, -0.2) is 78.7 Å². The summed E-state index contributed by atoms with van der Waals surface area (Å²) in [6.07, 6.45) is 0.376. The molecule has 4 amide bonds. The Bertz CT molecular complexity index is 1360. The zero-order chi connectivity index (χ0) is 27.4. The summed E-state index contributed by atoms with van der Waals surface area (Å²) >= 11 is 6.06. The molecule has 0 aromatic heterocycles. The van der Waals surface area contributed by atoms with E-state index in [1.165, 1.54) is 32.9 Å². The van der Waals surface area contributed by atoms with E-state index in [2.05, 4.69) is 5.32 Å². The number of benzene rings is 2. The standard InChI is InChI=1S/C22H23B5ClF2N3O4/c23-16-12(3-4-13(28)17(16)24)21(29,30)20(37)33(27)22(25,26)10-1-2-11-9(7-10)8-32(19(11)36)14-5-6-15(34)31-18(14)35/h1-4,7,14H,5-6,8,23-27H2,(H,31,34,35). The zero-order valence-corrected chi connectivity index (χ0v) is 22.0. The number of piperidine rings is 1. The van der Waals surface area contributed by atoms with Crippen LogP contribution in [0, 0.1) is 0 Å². The summed E-state index contributed by atoms with van der Waals surface area (Å²) in [6.45, 7) is 0.140. The largest absolute Gasteiger partial charge is 0.393 e. The molecule has 0 saturated carbocycles. The number of carbonyl (C=O) groups is 4. The number of nitrogens with zero attached hydrogens (tertiary/aromatic N) is 2. The molecule has 2 heterocycles. The number of hydrogen-bond donors (Lipinski definition) is 1. The van der Waals surface area contributed by atoms with Crippen molar-refractivity contribution in [3.8, 4) is 0 Å². The lowest BCUT2D eigenvalue weighted by molar-refractivity contribution is -0.155. The lowest BCUT2D eigenvalue weighted by Crippen LogP contribution is -2.55. The van der Waals surface area contributed by atoms with E-state index in [9.17, 15) is 19.2 Å². The maximum absolute atomic E-state index is 15.5. The number of rotatable bonds is 5. The smallest absolute Gasteiger partial charge is 0.348 e. The minimum Gasteiger partial charge on any atom is -0.393 e. The van der Waals surface area contributed by atoms with Crippen molar-refractivity contribution in [1.82, 2.24) is 15.0 Å². The van der Waals surface area contributed by atoms with Crippen LogP contribution in [0.25, 0.3) is 0 Å². The van der Waals surface area contributed by atoms with E-state index < -0.39 is 34.7 Å². The van der Waals surface area contributed by atoms with Gasteiger partial charge in [-0.3, -0.25) is 24.5 Å². The van der Waals surface area contributed by atoms with Crippen LogP contribution >= 0.6 is 11.6 Å². The molecule has 4 rings (SSSR count). The first kappa shape index (κ1) is 27.0. The van der Waals surface area contributed by atoms with Crippen molar-refractivity contribution in [2.45, 2.75) is 36.7 Å². The molecule has 37 heavy (non-hydrogen) atoms. The molecule has 0 aliphatic carbocycles. The van der Waals surface area contributed by atoms with Gasteiger partial charge >= 0.3 is 5.92 Å². The minimum atomic E-state index is -3.79. The van der Waals surface area contributed by atoms with Gasteiger partial charge in [0.05, 0.1) is 0 Å². The van der Waals surface area contributed by atoms with Crippen molar-refractivity contribution in [1.29, 1.82) is 0 Å². The maximum Gasteiger partial charge on any atom is 0.348 e. The predicted molar refractivity (Wildman–Crippen MR) is 148 cm³/mol. The number of hydrogen-bond acceptors (Lipinski definition) is 4. The second-order valence-electron chi connectivity index (χ2n) is 10.1. The fourth-order valence-electron chi connectivity index (χ4n) is 4.86. The Hall–Kier alpha value is -3.01. The van der Waals surface area contributed by atoms with Crippen LogP contribution in [0.3, 0.4) is 0 Å². The van der Waals surface area contributed by atoms with Crippen LogP contribution in [0.2, 0.25) is 5.02 Å². The van der Waals surface area contributed by atoms with Crippen LogP contribution in [0.15, 0.2) is 30.3 Å². The number of nitrogens with one attached hydrogen (secondary N) is 1. The van der Waals surface area contributed by atoms with Gasteiger partial charge in [0.1, 0.15) is 37.4 Å². The number of halogens is 3. The van der Waals surface area contributed by atoms with Crippen molar-refractivity contribution in [3.63, 3.8) is 0 Å². The molecule has 7 nitrogen and oxygen atoms in total. The van der Waals surface area contributed by atoms with Crippen molar-refractivity contribution in [2.75, 3.05) is 0 Å². The fourth-order valence-corrected chi connectivity index (χ4v) is 5.06. The molecule has 1 saturated heterocycles. The minimum absolute atomic E-state index is 0.140. The lowest BCUT2D eigenvalue weighted by atomic mass is 9.55. The van der Waals surface area contributed by atoms with Crippen LogP contribution in [0.5, 0.6) is 0 Å². The first-order chi connectivity index (χ1) is 17.2. The average Bonchev–Trinajstić information content (AvgIpc) is 3.16. The summed E-state index contributed by atoms with van der Waals surface area (Å²) in [6, 6.07) is 6.70. The van der Waals surface area contributed by atoms with E-state index in [4.69, 9.17) is 11.6 Å². The van der Waals surface area contributed by atoms with Crippen LogP contribution in [-0.2, 0) is 32.2 Å². The second-order valence-corrected chi connectivity index (χ2v) is 10.5. The van der Waals surface area contributed by atoms with Gasteiger partial charge in [-0.2, -0.15) is 8.78 Å². The van der Waals surface area contributed by atoms with Crippen molar-refractivity contribution < 1.29 is 28.0 Å². The first-order valence-electron chi connectivity index (χ1n) is 11.9. The summed E-state index contributed by atoms with van der Waals surface area (Å²) in [4.78, 5) is 52.4. The molecular formula is C22H23B5ClF2N3O4. The molecule has 2 aromatic rings. The third-order valence-electron chi connectivity index (χ3n) is 7.70. The van der Waals surface area contributed by atoms with Gasteiger partial charge in [-0.1, -0.05) is 40.7 Å². The Morgan fingerprint density at radius 1 is 1.11 bits per heavy atom. The molecule has 1 fully saturated rings. The van der Waals surface area contributed by atoms with Gasteiger partial charge in [-0.15, -0.1) is 0 Å². The summed E-state index contributed by atoms with van der Waals surface area (Å²) in [5, 5.41) is 1.45. The molecule has 2 aromatic carbocycles. The van der Waals surface area contributed by atoms with Gasteiger partial charge in [-0.25, -0.2) is 0 Å². The van der Waals surface area contributed by atoms with Gasteiger partial charge in [-0.05, 0) is 35.0 Å². The summed E-state index contributed by atoms with van der Waals surface area (Å²) in [5.41, 5.74) is 1.91. The van der Waals surface area contributed by atoms with Crippen molar-refractivity contribution in [2.24, 2.45) is 0 Å². The highest BCUT2D eigenvalue weighted by atomic mass is 35.5. The molecule has 1 unspecified atom stereocenters. The van der Waals surface area contributed by atoms with Gasteiger partial charge < -0.3 is 9.71 Å². The summed E-state index contributed by atoms with van der Waals surface area (Å²) < 4.78 is 30.9. The van der Waals surface area contributed by atoms with E-state index in [-0.39, 0.29) is 36.7 Å². The van der Waals surface area contributed by atoms with E-state index in [1.807, 2.05) is 0 Å². The molecule has 0 bridgehead atoms. The van der Waals surface area contributed by atoms with E-state index in [0.717, 1.165) is 4.81 Å². The average molecular weight is 521 g/mol. The van der Waals surface area contributed by atoms with Crippen LogP contribution in [0.1, 0.15) is 39.9 Å². The molecule has 1 N–H and O–H groups in total. The number of imide groups is 1. The molecule has 0 radical (unpaired) electrons. The summed E-state index contributed by atoms with van der Waals surface area (Å²) in [7, 11) is 7.76. The number of carbonyl (C=O) groups excluding carboxylic acids is 4. The Morgan fingerprint density at radius 3 is 2.43 bits per heavy atom. The molecule has 15 heteroatoms. The SMILES string of the molecule is Bc1c(Cl)ccc(C(F)(F)C(=O)N(B)C(B)(B)c2ccc3c(c2)CN(C2CCC(=O)NC2=O)C3=O)c1B. The third-order valence-corrected chi connectivity index (χ3v) is 8.11. The molecule has 186 valence electrons. The predicted octanol–water partition coefficient (Wildman–Crippen LogP) is -3.84. The highest BCUT2D eigenvalue weighted by molar-refractivity contribution is 6.55. The third kappa shape index (κ3) is 4.49. The van der Waals surface area contributed by atoms with E-state index in [1.54, 1.807) is 41.7 Å². The zero-order valence-electron chi connectivity index (χ0n) is 21.2. The molecule has 0 spiro atoms. The quantitative estimate of drug-likeness (QED) is 0.323.